The fourth-order valence-electron chi connectivity index (χ4n) is 5.74. The lowest BCUT2D eigenvalue weighted by molar-refractivity contribution is 0.184. The first-order chi connectivity index (χ1) is 18.1. The van der Waals surface area contributed by atoms with Crippen molar-refractivity contribution in [3.8, 4) is 22.9 Å². The van der Waals surface area contributed by atoms with E-state index in [4.69, 9.17) is 4.74 Å². The van der Waals surface area contributed by atoms with E-state index in [0.29, 0.717) is 12.3 Å². The van der Waals surface area contributed by atoms with Crippen molar-refractivity contribution in [1.29, 1.82) is 5.26 Å². The maximum Gasteiger partial charge on any atom is 0.134 e. The monoisotopic (exact) mass is 505 g/mol. The maximum absolute atomic E-state index is 14.1. The molecule has 0 aliphatic heterocycles. The lowest BCUT2D eigenvalue weighted by Gasteiger charge is -2.35. The quantitative estimate of drug-likeness (QED) is 0.213. The zero-order valence-electron chi connectivity index (χ0n) is 23.3. The average Bonchev–Trinajstić information content (AvgIpc) is 2.95. The second kappa shape index (κ2) is 15.8. The number of unbranched alkanes of at least 4 members (excludes halogenated alkanes) is 7. The van der Waals surface area contributed by atoms with Gasteiger partial charge in [-0.15, -0.1) is 0 Å². The van der Waals surface area contributed by atoms with Crippen molar-refractivity contribution < 1.29 is 9.13 Å². The van der Waals surface area contributed by atoms with Crippen LogP contribution in [0.3, 0.4) is 0 Å². The summed E-state index contributed by atoms with van der Waals surface area (Å²) in [5.41, 5.74) is 3.63. The van der Waals surface area contributed by atoms with Gasteiger partial charge in [-0.1, -0.05) is 108 Å². The SMILES string of the molecule is CCCCCCC[C@]1(C#N)CC[C@H](c2ccc(-c3ccc(OCC(F)CCCCCC)cc3)cc2)CC1. The first-order valence-corrected chi connectivity index (χ1v) is 15.0. The molecule has 37 heavy (non-hydrogen) atoms. The van der Waals surface area contributed by atoms with Crippen LogP contribution in [0.4, 0.5) is 4.39 Å². The van der Waals surface area contributed by atoms with E-state index in [0.717, 1.165) is 56.3 Å². The van der Waals surface area contributed by atoms with Crippen LogP contribution in [0.5, 0.6) is 5.75 Å². The molecule has 0 amide bonds. The normalized spacial score (nSPS) is 20.3. The van der Waals surface area contributed by atoms with Gasteiger partial charge in [0.15, 0.2) is 0 Å². The zero-order valence-corrected chi connectivity index (χ0v) is 23.3. The van der Waals surface area contributed by atoms with Gasteiger partial charge in [-0.2, -0.15) is 5.26 Å². The number of rotatable bonds is 16. The van der Waals surface area contributed by atoms with E-state index in [2.05, 4.69) is 56.3 Å². The van der Waals surface area contributed by atoms with Crippen LogP contribution in [0.2, 0.25) is 0 Å². The van der Waals surface area contributed by atoms with E-state index in [-0.39, 0.29) is 12.0 Å². The predicted octanol–water partition coefficient (Wildman–Crippen LogP) is 10.6. The number of halogens is 1. The Balaban J connectivity index is 1.45. The van der Waals surface area contributed by atoms with Crippen LogP contribution in [0, 0.1) is 16.7 Å². The Bertz CT molecular complexity index is 922. The smallest absolute Gasteiger partial charge is 0.134 e. The molecule has 0 N–H and O–H groups in total. The summed E-state index contributed by atoms with van der Waals surface area (Å²) in [7, 11) is 0. The first kappa shape index (κ1) is 29.2. The Kier molecular flexibility index (Phi) is 12.5. The second-order valence-electron chi connectivity index (χ2n) is 11.2. The molecule has 1 aliphatic rings. The molecule has 0 saturated heterocycles. The molecular weight excluding hydrogens is 457 g/mol. The zero-order chi connectivity index (χ0) is 26.3. The Hall–Kier alpha value is -2.34. The van der Waals surface area contributed by atoms with Gasteiger partial charge >= 0.3 is 0 Å². The van der Waals surface area contributed by atoms with Crippen LogP contribution >= 0.6 is 0 Å². The number of hydrogen-bond acceptors (Lipinski definition) is 2. The molecule has 0 spiro atoms. The molecule has 202 valence electrons. The van der Waals surface area contributed by atoms with Crippen molar-refractivity contribution >= 4 is 0 Å². The van der Waals surface area contributed by atoms with E-state index >= 15 is 0 Å². The van der Waals surface area contributed by atoms with Gasteiger partial charge in [-0.05, 0) is 73.3 Å². The largest absolute Gasteiger partial charge is 0.491 e. The molecule has 1 atom stereocenters. The number of alkyl halides is 1. The number of nitrogens with zero attached hydrogens (tertiary/aromatic N) is 1. The average molecular weight is 506 g/mol. The van der Waals surface area contributed by atoms with Gasteiger partial charge in [-0.3, -0.25) is 0 Å². The Morgan fingerprint density at radius 2 is 1.41 bits per heavy atom. The molecule has 1 fully saturated rings. The minimum Gasteiger partial charge on any atom is -0.491 e. The highest BCUT2D eigenvalue weighted by Gasteiger charge is 2.35. The lowest BCUT2D eigenvalue weighted by Crippen LogP contribution is -2.25. The minimum atomic E-state index is -0.895. The molecule has 3 heteroatoms. The number of benzene rings is 2. The molecule has 0 heterocycles. The van der Waals surface area contributed by atoms with Gasteiger partial charge in [0.05, 0.1) is 11.5 Å². The van der Waals surface area contributed by atoms with Crippen molar-refractivity contribution in [2.24, 2.45) is 5.41 Å². The van der Waals surface area contributed by atoms with E-state index in [1.54, 1.807) is 0 Å². The highest BCUT2D eigenvalue weighted by atomic mass is 19.1. The van der Waals surface area contributed by atoms with Gasteiger partial charge in [0.2, 0.25) is 0 Å². The van der Waals surface area contributed by atoms with E-state index < -0.39 is 6.17 Å². The highest BCUT2D eigenvalue weighted by molar-refractivity contribution is 5.64. The van der Waals surface area contributed by atoms with Crippen molar-refractivity contribution in [3.05, 3.63) is 54.1 Å². The summed E-state index contributed by atoms with van der Waals surface area (Å²) >= 11 is 0. The number of nitriles is 1. The van der Waals surface area contributed by atoms with Crippen LogP contribution in [0.1, 0.15) is 122 Å². The highest BCUT2D eigenvalue weighted by Crippen LogP contribution is 2.46. The van der Waals surface area contributed by atoms with Crippen molar-refractivity contribution in [2.75, 3.05) is 6.61 Å². The van der Waals surface area contributed by atoms with Crippen LogP contribution in [-0.4, -0.2) is 12.8 Å². The van der Waals surface area contributed by atoms with E-state index in [1.165, 1.54) is 56.1 Å². The Morgan fingerprint density at radius 3 is 2.00 bits per heavy atom. The van der Waals surface area contributed by atoms with Gasteiger partial charge in [0.25, 0.3) is 0 Å². The molecule has 2 aromatic carbocycles. The van der Waals surface area contributed by atoms with Gasteiger partial charge in [0, 0.05) is 0 Å². The molecular formula is C34H48FNO. The van der Waals surface area contributed by atoms with Gasteiger partial charge in [-0.25, -0.2) is 4.39 Å². The molecule has 3 rings (SSSR count). The first-order valence-electron chi connectivity index (χ1n) is 15.0. The fourth-order valence-corrected chi connectivity index (χ4v) is 5.74. The lowest BCUT2D eigenvalue weighted by atomic mass is 9.67. The van der Waals surface area contributed by atoms with Crippen LogP contribution in [-0.2, 0) is 0 Å². The molecule has 0 bridgehead atoms. The predicted molar refractivity (Wildman–Crippen MR) is 154 cm³/mol. The molecule has 0 radical (unpaired) electrons. The Morgan fingerprint density at radius 1 is 0.838 bits per heavy atom. The van der Waals surface area contributed by atoms with Crippen LogP contribution in [0.15, 0.2) is 48.5 Å². The van der Waals surface area contributed by atoms with Crippen LogP contribution < -0.4 is 4.74 Å². The van der Waals surface area contributed by atoms with Crippen molar-refractivity contribution in [2.45, 2.75) is 122 Å². The topological polar surface area (TPSA) is 33.0 Å². The summed E-state index contributed by atoms with van der Waals surface area (Å²) in [5.74, 6) is 1.28. The second-order valence-corrected chi connectivity index (χ2v) is 11.2. The minimum absolute atomic E-state index is 0.0936. The summed E-state index contributed by atoms with van der Waals surface area (Å²) in [6.07, 6.45) is 15.8. The van der Waals surface area contributed by atoms with Crippen molar-refractivity contribution in [1.82, 2.24) is 0 Å². The maximum atomic E-state index is 14.1. The molecule has 2 aromatic rings. The van der Waals surface area contributed by atoms with Gasteiger partial charge < -0.3 is 4.74 Å². The third kappa shape index (κ3) is 9.48. The molecule has 0 aromatic heterocycles. The van der Waals surface area contributed by atoms with Crippen molar-refractivity contribution in [3.63, 3.8) is 0 Å². The molecule has 1 saturated carbocycles. The molecule has 1 aliphatic carbocycles. The van der Waals surface area contributed by atoms with Gasteiger partial charge in [0.1, 0.15) is 18.5 Å². The third-order valence-electron chi connectivity index (χ3n) is 8.31. The van der Waals surface area contributed by atoms with E-state index in [9.17, 15) is 9.65 Å². The molecule has 1 unspecified atom stereocenters. The summed E-state index contributed by atoms with van der Waals surface area (Å²) in [4.78, 5) is 0. The third-order valence-corrected chi connectivity index (χ3v) is 8.31. The molecule has 2 nitrogen and oxygen atoms in total. The Labute approximate surface area is 225 Å². The summed E-state index contributed by atoms with van der Waals surface area (Å²) in [6, 6.07) is 19.7. The summed E-state index contributed by atoms with van der Waals surface area (Å²) in [6.45, 7) is 4.55. The standard InChI is InChI=1S/C34H48FNO/c1-3-5-7-9-11-23-34(27-36)24-21-31(22-25-34)29-15-13-28(14-16-29)30-17-19-33(20-18-30)37-26-32(35)12-10-8-6-4-2/h13-20,31-32H,3-12,21-26H2,1-2H3/t31-,32?,34-. The summed E-state index contributed by atoms with van der Waals surface area (Å²) < 4.78 is 19.8. The van der Waals surface area contributed by atoms with E-state index in [1.807, 2.05) is 12.1 Å². The number of hydrogen-bond donors (Lipinski definition) is 0. The number of ether oxygens (including phenoxy) is 1. The summed E-state index contributed by atoms with van der Waals surface area (Å²) in [5, 5.41) is 9.92. The fraction of sp³-hybridized carbons (Fsp3) is 0.618. The van der Waals surface area contributed by atoms with Crippen LogP contribution in [0.25, 0.3) is 11.1 Å².